The van der Waals surface area contributed by atoms with Gasteiger partial charge in [0.25, 0.3) is 0 Å². The van der Waals surface area contributed by atoms with Crippen molar-refractivity contribution >= 4 is 34.4 Å². The van der Waals surface area contributed by atoms with E-state index < -0.39 is 0 Å². The fraction of sp³-hybridized carbons (Fsp3) is 0.467. The Bertz CT molecular complexity index is 704. The van der Waals surface area contributed by atoms with Gasteiger partial charge in [0.2, 0.25) is 5.13 Å². The number of nitrogens with one attached hydrogen (secondary N) is 2. The second-order valence-electron chi connectivity index (χ2n) is 5.57. The smallest absolute Gasteiger partial charge is 0.209 e. The van der Waals surface area contributed by atoms with E-state index in [1.807, 2.05) is 4.68 Å². The number of aromatic nitrogens is 2. The number of ether oxygens (including phenoxy) is 1. The van der Waals surface area contributed by atoms with Crippen molar-refractivity contribution in [1.82, 2.24) is 9.78 Å². The number of hydrogen-bond acceptors (Lipinski definition) is 5. The van der Waals surface area contributed by atoms with E-state index in [0.717, 1.165) is 47.7 Å². The van der Waals surface area contributed by atoms with E-state index >= 15 is 0 Å². The molecule has 0 aliphatic carbocycles. The number of morpholine rings is 1. The van der Waals surface area contributed by atoms with Gasteiger partial charge in [0, 0.05) is 5.69 Å². The van der Waals surface area contributed by atoms with Crippen LogP contribution in [0.15, 0.2) is 18.2 Å². The standard InChI is InChI=1S/C15H20N4OS2/c1-11-4-3-5-13(12(11)2)16-14-17-19(15(21)22-14)10-18-6-8-20-9-7-18/h3-5H,6-10H2,1-2H3,(H,16,17)/p+1. The number of hydrogen-bond donors (Lipinski definition) is 2. The van der Waals surface area contributed by atoms with Crippen LogP contribution in [0.4, 0.5) is 10.8 Å². The lowest BCUT2D eigenvalue weighted by Crippen LogP contribution is -3.13. The normalized spacial score (nSPS) is 15.9. The molecular formula is C15H21N4OS2+. The lowest BCUT2D eigenvalue weighted by molar-refractivity contribution is -0.930. The summed E-state index contributed by atoms with van der Waals surface area (Å²) in [6.07, 6.45) is 0. The molecule has 0 unspecified atom stereocenters. The molecule has 0 bridgehead atoms. The molecule has 0 amide bonds. The second kappa shape index (κ2) is 6.87. The minimum atomic E-state index is 0.812. The molecule has 3 rings (SSSR count). The van der Waals surface area contributed by atoms with Gasteiger partial charge in [-0.05, 0) is 43.3 Å². The van der Waals surface area contributed by atoms with Gasteiger partial charge in [-0.25, -0.2) is 0 Å². The topological polar surface area (TPSA) is 43.5 Å². The van der Waals surface area contributed by atoms with Crippen LogP contribution in [0, 0.1) is 17.8 Å². The monoisotopic (exact) mass is 337 g/mol. The molecule has 1 aromatic heterocycles. The molecule has 0 spiro atoms. The highest BCUT2D eigenvalue weighted by Crippen LogP contribution is 2.24. The van der Waals surface area contributed by atoms with Crippen molar-refractivity contribution in [3.63, 3.8) is 0 Å². The van der Waals surface area contributed by atoms with Gasteiger partial charge in [-0.3, -0.25) is 0 Å². The van der Waals surface area contributed by atoms with Gasteiger partial charge in [0.05, 0.1) is 13.2 Å². The van der Waals surface area contributed by atoms with Crippen LogP contribution in [0.1, 0.15) is 11.1 Å². The van der Waals surface area contributed by atoms with E-state index in [2.05, 4.69) is 42.5 Å². The predicted molar refractivity (Wildman–Crippen MR) is 91.7 cm³/mol. The molecule has 0 atom stereocenters. The maximum absolute atomic E-state index is 5.45. The van der Waals surface area contributed by atoms with E-state index in [0.29, 0.717) is 0 Å². The zero-order chi connectivity index (χ0) is 15.5. The van der Waals surface area contributed by atoms with E-state index in [-0.39, 0.29) is 0 Å². The summed E-state index contributed by atoms with van der Waals surface area (Å²) in [5.41, 5.74) is 3.61. The Hall–Kier alpha value is -1.28. The molecule has 1 fully saturated rings. The molecule has 1 aliphatic heterocycles. The van der Waals surface area contributed by atoms with Crippen LogP contribution < -0.4 is 10.2 Å². The van der Waals surface area contributed by atoms with Crippen molar-refractivity contribution in [3.05, 3.63) is 33.3 Å². The quantitative estimate of drug-likeness (QED) is 0.837. The zero-order valence-electron chi connectivity index (χ0n) is 12.9. The molecule has 2 aromatic rings. The first-order valence-corrected chi connectivity index (χ1v) is 8.68. The van der Waals surface area contributed by atoms with Crippen LogP contribution in [0.2, 0.25) is 0 Å². The van der Waals surface area contributed by atoms with Crippen LogP contribution in [0.3, 0.4) is 0 Å². The summed E-state index contributed by atoms with van der Waals surface area (Å²) in [4.78, 5) is 1.46. The molecule has 2 N–H and O–H groups in total. The van der Waals surface area contributed by atoms with Gasteiger partial charge in [-0.2, -0.15) is 4.68 Å². The van der Waals surface area contributed by atoms with Crippen molar-refractivity contribution < 1.29 is 9.64 Å². The number of quaternary nitrogens is 1. The third-order valence-electron chi connectivity index (χ3n) is 4.03. The Morgan fingerprint density at radius 3 is 2.91 bits per heavy atom. The molecule has 7 heteroatoms. The molecule has 1 saturated heterocycles. The number of anilines is 2. The molecule has 5 nitrogen and oxygen atoms in total. The third kappa shape index (κ3) is 3.55. The van der Waals surface area contributed by atoms with Gasteiger partial charge >= 0.3 is 0 Å². The Balaban J connectivity index is 1.74. The molecule has 1 aliphatic rings. The average Bonchev–Trinajstić information content (AvgIpc) is 2.85. The molecule has 0 radical (unpaired) electrons. The summed E-state index contributed by atoms with van der Waals surface area (Å²) in [6.45, 7) is 8.71. The average molecular weight is 337 g/mol. The fourth-order valence-corrected chi connectivity index (χ4v) is 3.51. The van der Waals surface area contributed by atoms with Gasteiger partial charge in [0.15, 0.2) is 10.6 Å². The Morgan fingerprint density at radius 2 is 2.14 bits per heavy atom. The summed E-state index contributed by atoms with van der Waals surface area (Å²) >= 11 is 6.97. The first-order valence-electron chi connectivity index (χ1n) is 7.46. The summed E-state index contributed by atoms with van der Waals surface area (Å²) < 4.78 is 8.13. The SMILES string of the molecule is Cc1cccc(Nc2nn(C[NH+]3CCOCC3)c(=S)s2)c1C. The summed E-state index contributed by atoms with van der Waals surface area (Å²) in [5.74, 6) is 0. The van der Waals surface area contributed by atoms with Crippen molar-refractivity contribution in [2.75, 3.05) is 31.6 Å². The highest BCUT2D eigenvalue weighted by Gasteiger charge is 2.16. The number of aryl methyl sites for hydroxylation is 1. The Labute approximate surface area is 139 Å². The first kappa shape index (κ1) is 15.6. The van der Waals surface area contributed by atoms with Crippen LogP contribution in [-0.4, -0.2) is 36.1 Å². The van der Waals surface area contributed by atoms with E-state index in [1.165, 1.54) is 27.4 Å². The van der Waals surface area contributed by atoms with Crippen LogP contribution in [-0.2, 0) is 11.4 Å². The minimum absolute atomic E-state index is 0.812. The fourth-order valence-electron chi connectivity index (χ4n) is 2.49. The van der Waals surface area contributed by atoms with E-state index in [4.69, 9.17) is 17.0 Å². The van der Waals surface area contributed by atoms with Crippen molar-refractivity contribution in [2.45, 2.75) is 20.5 Å². The Morgan fingerprint density at radius 1 is 1.36 bits per heavy atom. The summed E-state index contributed by atoms with van der Waals surface area (Å²) in [5, 5.41) is 8.88. The van der Waals surface area contributed by atoms with Crippen molar-refractivity contribution in [2.24, 2.45) is 0 Å². The van der Waals surface area contributed by atoms with E-state index in [1.54, 1.807) is 0 Å². The minimum Gasteiger partial charge on any atom is -0.370 e. The molecule has 118 valence electrons. The molecule has 1 aromatic carbocycles. The summed E-state index contributed by atoms with van der Waals surface area (Å²) in [7, 11) is 0. The largest absolute Gasteiger partial charge is 0.370 e. The van der Waals surface area contributed by atoms with Gasteiger partial charge < -0.3 is 15.0 Å². The van der Waals surface area contributed by atoms with Crippen LogP contribution in [0.25, 0.3) is 0 Å². The summed E-state index contributed by atoms with van der Waals surface area (Å²) in [6, 6.07) is 6.24. The van der Waals surface area contributed by atoms with Crippen LogP contribution >= 0.6 is 23.6 Å². The molecule has 2 heterocycles. The van der Waals surface area contributed by atoms with Crippen molar-refractivity contribution in [3.8, 4) is 0 Å². The third-order valence-corrected chi connectivity index (χ3v) is 5.25. The molecule has 0 saturated carbocycles. The van der Waals surface area contributed by atoms with Crippen molar-refractivity contribution in [1.29, 1.82) is 0 Å². The van der Waals surface area contributed by atoms with Gasteiger partial charge in [-0.1, -0.05) is 23.5 Å². The maximum Gasteiger partial charge on any atom is 0.209 e. The zero-order valence-corrected chi connectivity index (χ0v) is 14.5. The lowest BCUT2D eigenvalue weighted by Gasteiger charge is -2.23. The van der Waals surface area contributed by atoms with E-state index in [9.17, 15) is 0 Å². The second-order valence-corrected chi connectivity index (χ2v) is 7.19. The predicted octanol–water partition coefficient (Wildman–Crippen LogP) is 1.91. The first-order chi connectivity index (χ1) is 10.6. The Kier molecular flexibility index (Phi) is 4.87. The highest BCUT2D eigenvalue weighted by molar-refractivity contribution is 7.73. The molecule has 22 heavy (non-hydrogen) atoms. The number of rotatable bonds is 4. The lowest BCUT2D eigenvalue weighted by atomic mass is 10.1. The van der Waals surface area contributed by atoms with Gasteiger partial charge in [0.1, 0.15) is 13.1 Å². The highest BCUT2D eigenvalue weighted by atomic mass is 32.1. The van der Waals surface area contributed by atoms with Gasteiger partial charge in [-0.15, -0.1) is 5.10 Å². The van der Waals surface area contributed by atoms with Crippen LogP contribution in [0.5, 0.6) is 0 Å². The number of nitrogens with zero attached hydrogens (tertiary/aromatic N) is 2. The number of benzene rings is 1. The molecular weight excluding hydrogens is 316 g/mol. The maximum atomic E-state index is 5.45.